The molecule has 19 heavy (non-hydrogen) atoms. The van der Waals surface area contributed by atoms with Crippen molar-refractivity contribution in [2.75, 3.05) is 44.3 Å². The summed E-state index contributed by atoms with van der Waals surface area (Å²) >= 11 is 1.38. The van der Waals surface area contributed by atoms with E-state index >= 15 is 0 Å². The fourth-order valence-electron chi connectivity index (χ4n) is 2.43. The maximum Gasteiger partial charge on any atom is 0.197 e. The molecular formula is C13H24N4OS. The van der Waals surface area contributed by atoms with Gasteiger partial charge in [0.1, 0.15) is 0 Å². The van der Waals surface area contributed by atoms with Gasteiger partial charge in [0.15, 0.2) is 16.6 Å². The Kier molecular flexibility index (Phi) is 5.27. The van der Waals surface area contributed by atoms with Gasteiger partial charge in [0.25, 0.3) is 0 Å². The minimum atomic E-state index is 0.494. The number of hydrogen-bond donors (Lipinski definition) is 2. The van der Waals surface area contributed by atoms with Crippen molar-refractivity contribution < 1.29 is 4.74 Å². The smallest absolute Gasteiger partial charge is 0.197 e. The molecule has 0 unspecified atom stereocenters. The first kappa shape index (κ1) is 14.4. The highest BCUT2D eigenvalue weighted by Crippen LogP contribution is 2.35. The second-order valence-electron chi connectivity index (χ2n) is 5.12. The van der Waals surface area contributed by atoms with Crippen molar-refractivity contribution in [3.8, 4) is 5.75 Å². The summed E-state index contributed by atoms with van der Waals surface area (Å²) in [5, 5.41) is 4.38. The number of nitrogens with two attached hydrogens (primary N) is 1. The fraction of sp³-hybridized carbons (Fsp3) is 0.769. The zero-order valence-electron chi connectivity index (χ0n) is 11.8. The summed E-state index contributed by atoms with van der Waals surface area (Å²) in [6, 6.07) is 0. The van der Waals surface area contributed by atoms with Gasteiger partial charge in [-0.3, -0.25) is 0 Å². The highest BCUT2D eigenvalue weighted by atomic mass is 32.1. The molecule has 2 heterocycles. The first-order chi connectivity index (χ1) is 9.20. The Morgan fingerprint density at radius 1 is 1.47 bits per heavy atom. The average Bonchev–Trinajstić information content (AvgIpc) is 2.74. The number of aromatic nitrogens is 1. The number of nitrogens with one attached hydrogen (secondary N) is 1. The van der Waals surface area contributed by atoms with Gasteiger partial charge in [0.05, 0.1) is 6.61 Å². The number of likely N-dealkylation sites (tertiary alicyclic amines) is 1. The molecule has 5 nitrogen and oxygen atoms in total. The fourth-order valence-corrected chi connectivity index (χ4v) is 3.12. The molecule has 108 valence electrons. The van der Waals surface area contributed by atoms with Crippen molar-refractivity contribution in [3.63, 3.8) is 0 Å². The van der Waals surface area contributed by atoms with Crippen LogP contribution in [-0.2, 0) is 0 Å². The number of nitrogen functional groups attached to an aromatic ring is 1. The lowest BCUT2D eigenvalue weighted by Crippen LogP contribution is -2.30. The van der Waals surface area contributed by atoms with E-state index in [4.69, 9.17) is 10.5 Å². The van der Waals surface area contributed by atoms with E-state index in [1.165, 1.54) is 43.9 Å². The quantitative estimate of drug-likeness (QED) is 0.839. The van der Waals surface area contributed by atoms with Crippen molar-refractivity contribution in [1.82, 2.24) is 9.27 Å². The minimum absolute atomic E-state index is 0.494. The van der Waals surface area contributed by atoms with Gasteiger partial charge in [-0.2, -0.15) is 4.37 Å². The first-order valence-corrected chi connectivity index (χ1v) is 7.78. The topological polar surface area (TPSA) is 63.4 Å². The lowest BCUT2D eigenvalue weighted by atomic mass is 9.94. The molecule has 0 aliphatic carbocycles. The molecule has 1 saturated heterocycles. The molecule has 0 amide bonds. The van der Waals surface area contributed by atoms with Gasteiger partial charge in [-0.25, -0.2) is 0 Å². The van der Waals surface area contributed by atoms with Gasteiger partial charge >= 0.3 is 0 Å². The number of piperidine rings is 1. The van der Waals surface area contributed by atoms with Crippen LogP contribution in [-0.4, -0.2) is 42.6 Å². The van der Waals surface area contributed by atoms with Crippen LogP contribution in [0.3, 0.4) is 0 Å². The zero-order chi connectivity index (χ0) is 13.7. The number of ether oxygens (including phenoxy) is 1. The average molecular weight is 284 g/mol. The van der Waals surface area contributed by atoms with E-state index in [2.05, 4.69) is 21.6 Å². The van der Waals surface area contributed by atoms with E-state index in [0.29, 0.717) is 12.4 Å². The van der Waals surface area contributed by atoms with Gasteiger partial charge in [0.2, 0.25) is 0 Å². The summed E-state index contributed by atoms with van der Waals surface area (Å²) in [5.41, 5.74) is 5.79. The number of nitrogens with zero attached hydrogens (tertiary/aromatic N) is 2. The first-order valence-electron chi connectivity index (χ1n) is 7.01. The Hall–Kier alpha value is -1.01. The van der Waals surface area contributed by atoms with Crippen LogP contribution in [0.2, 0.25) is 0 Å². The Morgan fingerprint density at radius 2 is 2.21 bits per heavy atom. The second-order valence-corrected chi connectivity index (χ2v) is 5.89. The molecule has 0 atom stereocenters. The van der Waals surface area contributed by atoms with E-state index < -0.39 is 0 Å². The lowest BCUT2D eigenvalue weighted by Gasteiger charge is -2.28. The maximum atomic E-state index is 5.79. The molecule has 1 aromatic rings. The molecular weight excluding hydrogens is 260 g/mol. The van der Waals surface area contributed by atoms with Crippen LogP contribution in [0.1, 0.15) is 26.2 Å². The van der Waals surface area contributed by atoms with Crippen LogP contribution in [0.25, 0.3) is 0 Å². The largest absolute Gasteiger partial charge is 0.487 e. The SMILES string of the molecule is CCOc1c(N)nsc1NCCC1CCN(C)CC1. The molecule has 0 radical (unpaired) electrons. The molecule has 2 rings (SSSR count). The molecule has 1 aliphatic heterocycles. The predicted octanol–water partition coefficient (Wildman–Crippen LogP) is 2.27. The molecule has 1 fully saturated rings. The van der Waals surface area contributed by atoms with Crippen molar-refractivity contribution in [2.45, 2.75) is 26.2 Å². The van der Waals surface area contributed by atoms with E-state index in [0.717, 1.165) is 23.2 Å². The van der Waals surface area contributed by atoms with Gasteiger partial charge < -0.3 is 20.7 Å². The van der Waals surface area contributed by atoms with Crippen molar-refractivity contribution in [1.29, 1.82) is 0 Å². The van der Waals surface area contributed by atoms with E-state index in [9.17, 15) is 0 Å². The zero-order valence-corrected chi connectivity index (χ0v) is 12.6. The van der Waals surface area contributed by atoms with Crippen molar-refractivity contribution in [3.05, 3.63) is 0 Å². The van der Waals surface area contributed by atoms with Crippen LogP contribution in [0.5, 0.6) is 5.75 Å². The third kappa shape index (κ3) is 3.98. The van der Waals surface area contributed by atoms with Gasteiger partial charge in [-0.05, 0) is 63.8 Å². The summed E-state index contributed by atoms with van der Waals surface area (Å²) in [4.78, 5) is 2.40. The third-order valence-corrected chi connectivity index (χ3v) is 4.44. The van der Waals surface area contributed by atoms with Crippen LogP contribution in [0.15, 0.2) is 0 Å². The normalized spacial score (nSPS) is 17.6. The maximum absolute atomic E-state index is 5.79. The van der Waals surface area contributed by atoms with E-state index in [1.807, 2.05) is 6.92 Å². The van der Waals surface area contributed by atoms with Crippen LogP contribution < -0.4 is 15.8 Å². The standard InChI is InChI=1S/C13H24N4OS/c1-3-18-11-12(14)16-19-13(11)15-7-4-10-5-8-17(2)9-6-10/h10,15H,3-9H2,1-2H3,(H2,14,16). The molecule has 0 bridgehead atoms. The summed E-state index contributed by atoms with van der Waals surface area (Å²) in [7, 11) is 2.20. The molecule has 0 spiro atoms. The Bertz CT molecular complexity index is 388. The Balaban J connectivity index is 1.76. The third-order valence-electron chi connectivity index (χ3n) is 3.64. The van der Waals surface area contributed by atoms with Crippen LogP contribution in [0.4, 0.5) is 10.8 Å². The van der Waals surface area contributed by atoms with Gasteiger partial charge in [0, 0.05) is 6.54 Å². The summed E-state index contributed by atoms with van der Waals surface area (Å²) < 4.78 is 9.65. The van der Waals surface area contributed by atoms with Crippen molar-refractivity contribution in [2.24, 2.45) is 5.92 Å². The van der Waals surface area contributed by atoms with Crippen LogP contribution in [0, 0.1) is 5.92 Å². The molecule has 1 aromatic heterocycles. The van der Waals surface area contributed by atoms with Gasteiger partial charge in [-0.15, -0.1) is 0 Å². The molecule has 0 aromatic carbocycles. The number of rotatable bonds is 6. The monoisotopic (exact) mass is 284 g/mol. The Morgan fingerprint density at radius 3 is 2.89 bits per heavy atom. The molecule has 6 heteroatoms. The van der Waals surface area contributed by atoms with Crippen LogP contribution >= 0.6 is 11.5 Å². The number of hydrogen-bond acceptors (Lipinski definition) is 6. The predicted molar refractivity (Wildman–Crippen MR) is 81.0 cm³/mol. The summed E-state index contributed by atoms with van der Waals surface area (Å²) in [6.45, 7) is 5.99. The Labute approximate surface area is 119 Å². The highest BCUT2D eigenvalue weighted by molar-refractivity contribution is 7.11. The number of anilines is 2. The van der Waals surface area contributed by atoms with E-state index in [1.54, 1.807) is 0 Å². The van der Waals surface area contributed by atoms with Gasteiger partial charge in [-0.1, -0.05) is 0 Å². The molecule has 0 saturated carbocycles. The minimum Gasteiger partial charge on any atom is -0.487 e. The second kappa shape index (κ2) is 6.96. The molecule has 3 N–H and O–H groups in total. The van der Waals surface area contributed by atoms with Crippen molar-refractivity contribution >= 4 is 22.4 Å². The van der Waals surface area contributed by atoms with E-state index in [-0.39, 0.29) is 0 Å². The molecule has 1 aliphatic rings. The summed E-state index contributed by atoms with van der Waals surface area (Å²) in [5.74, 6) is 2.05. The summed E-state index contributed by atoms with van der Waals surface area (Å²) in [6.07, 6.45) is 3.82. The lowest BCUT2D eigenvalue weighted by molar-refractivity contribution is 0.215. The highest BCUT2D eigenvalue weighted by Gasteiger charge is 2.17.